The number of rotatable bonds is 16. The number of carbonyl (C=O) groups is 1. The van der Waals surface area contributed by atoms with Crippen LogP contribution in [-0.2, 0) is 4.79 Å². The summed E-state index contributed by atoms with van der Waals surface area (Å²) >= 11 is 0. The van der Waals surface area contributed by atoms with Crippen molar-refractivity contribution in [3.8, 4) is 0 Å². The predicted octanol–water partition coefficient (Wildman–Crippen LogP) is 6.60. The quantitative estimate of drug-likeness (QED) is 0.144. The van der Waals surface area contributed by atoms with E-state index in [1.54, 1.807) is 6.07 Å². The minimum absolute atomic E-state index is 0.0968. The van der Waals surface area contributed by atoms with Crippen LogP contribution in [0.1, 0.15) is 96.8 Å². The smallest absolute Gasteiger partial charge is 0.294 e. The van der Waals surface area contributed by atoms with Crippen LogP contribution in [0.5, 0.6) is 0 Å². The number of benzene rings is 1. The molecule has 0 atom stereocenters. The van der Waals surface area contributed by atoms with Crippen molar-refractivity contribution in [3.63, 3.8) is 0 Å². The second kappa shape index (κ2) is 14.9. The highest BCUT2D eigenvalue weighted by molar-refractivity contribution is 5.91. The Balaban J connectivity index is 2.01. The summed E-state index contributed by atoms with van der Waals surface area (Å²) in [6, 6.07) is 4.33. The van der Waals surface area contributed by atoms with Crippen LogP contribution in [0.4, 0.5) is 17.1 Å². The molecule has 0 unspecified atom stereocenters. The largest absolute Gasteiger partial charge is 0.393 e. The molecule has 0 saturated carbocycles. The second-order valence-corrected chi connectivity index (χ2v) is 7.57. The summed E-state index contributed by atoms with van der Waals surface area (Å²) in [5.74, 6) is -0.109. The Hall–Kier alpha value is -2.11. The van der Waals surface area contributed by atoms with Crippen LogP contribution in [-0.4, -0.2) is 10.8 Å². The molecule has 1 aromatic rings. The van der Waals surface area contributed by atoms with Gasteiger partial charge in [0, 0.05) is 18.2 Å². The number of nitrogens with two attached hydrogens (primary N) is 1. The van der Waals surface area contributed by atoms with Crippen molar-refractivity contribution in [3.05, 3.63) is 28.3 Å². The summed E-state index contributed by atoms with van der Waals surface area (Å²) in [6.45, 7) is 2.25. The lowest BCUT2D eigenvalue weighted by molar-refractivity contribution is -0.383. The maximum Gasteiger partial charge on any atom is 0.294 e. The number of anilines is 2. The molecule has 0 radical (unpaired) electrons. The van der Waals surface area contributed by atoms with Gasteiger partial charge in [-0.1, -0.05) is 84.0 Å². The van der Waals surface area contributed by atoms with Crippen molar-refractivity contribution in [2.45, 2.75) is 96.8 Å². The van der Waals surface area contributed by atoms with Gasteiger partial charge in [-0.05, 0) is 18.6 Å². The number of unbranched alkanes of at least 4 members (excludes halogenated alkanes) is 12. The van der Waals surface area contributed by atoms with Crippen molar-refractivity contribution in [1.29, 1.82) is 0 Å². The number of nitrogens with zero attached hydrogens (tertiary/aromatic N) is 1. The molecular weight excluding hydrogens is 354 g/mol. The van der Waals surface area contributed by atoms with Crippen molar-refractivity contribution in [2.75, 3.05) is 11.1 Å². The zero-order chi connectivity index (χ0) is 20.6. The molecule has 158 valence electrons. The molecule has 3 N–H and O–H groups in total. The fourth-order valence-electron chi connectivity index (χ4n) is 3.31. The van der Waals surface area contributed by atoms with Crippen LogP contribution < -0.4 is 11.1 Å². The van der Waals surface area contributed by atoms with Gasteiger partial charge in [-0.3, -0.25) is 14.9 Å². The lowest BCUT2D eigenvalue weighted by Gasteiger charge is -2.06. The third-order valence-electron chi connectivity index (χ3n) is 5.02. The van der Waals surface area contributed by atoms with E-state index in [9.17, 15) is 14.9 Å². The first-order chi connectivity index (χ1) is 13.5. The van der Waals surface area contributed by atoms with Crippen LogP contribution in [0.15, 0.2) is 18.2 Å². The molecule has 0 spiro atoms. The normalized spacial score (nSPS) is 10.8. The first kappa shape index (κ1) is 23.9. The second-order valence-electron chi connectivity index (χ2n) is 7.57. The number of carbonyl (C=O) groups excluding carboxylic acids is 1. The van der Waals surface area contributed by atoms with E-state index in [4.69, 9.17) is 5.73 Å². The van der Waals surface area contributed by atoms with Crippen molar-refractivity contribution in [2.24, 2.45) is 0 Å². The summed E-state index contributed by atoms with van der Waals surface area (Å²) < 4.78 is 0. The monoisotopic (exact) mass is 391 g/mol. The van der Waals surface area contributed by atoms with E-state index in [1.807, 2.05) is 0 Å². The Morgan fingerprint density at radius 2 is 1.43 bits per heavy atom. The topological polar surface area (TPSA) is 98.3 Å². The van der Waals surface area contributed by atoms with Crippen LogP contribution in [0.25, 0.3) is 0 Å². The number of nitro groups is 1. The molecular formula is C22H37N3O3. The van der Waals surface area contributed by atoms with E-state index in [0.29, 0.717) is 12.1 Å². The molecule has 0 bridgehead atoms. The number of nitro benzene ring substituents is 1. The summed E-state index contributed by atoms with van der Waals surface area (Å²) in [7, 11) is 0. The number of hydrogen-bond acceptors (Lipinski definition) is 4. The highest BCUT2D eigenvalue weighted by Crippen LogP contribution is 2.25. The zero-order valence-electron chi connectivity index (χ0n) is 17.4. The first-order valence-corrected chi connectivity index (χ1v) is 10.9. The molecule has 1 amide bonds. The van der Waals surface area contributed by atoms with Gasteiger partial charge in [0.15, 0.2) is 0 Å². The van der Waals surface area contributed by atoms with Crippen LogP contribution in [0.3, 0.4) is 0 Å². The lowest BCUT2D eigenvalue weighted by atomic mass is 10.0. The summed E-state index contributed by atoms with van der Waals surface area (Å²) in [5.41, 5.74) is 5.89. The SMILES string of the molecule is CCCCCCCCCCCCCCCC(=O)Nc1ccc(N)c([N+](=O)[O-])c1. The third-order valence-corrected chi connectivity index (χ3v) is 5.02. The van der Waals surface area contributed by atoms with E-state index < -0.39 is 4.92 Å². The molecule has 0 aliphatic rings. The van der Waals surface area contributed by atoms with Crippen LogP contribution in [0.2, 0.25) is 0 Å². The summed E-state index contributed by atoms with van der Waals surface area (Å²) in [5, 5.41) is 13.6. The standard InChI is InChI=1S/C22H37N3O3/c1-2-3-4-5-6-7-8-9-10-11-12-13-14-15-22(26)24-19-16-17-20(23)21(18-19)25(27)28/h16-18H,2-15,23H2,1H3,(H,24,26). The Morgan fingerprint density at radius 3 is 1.93 bits per heavy atom. The zero-order valence-corrected chi connectivity index (χ0v) is 17.4. The van der Waals surface area contributed by atoms with Gasteiger partial charge in [-0.15, -0.1) is 0 Å². The fourth-order valence-corrected chi connectivity index (χ4v) is 3.31. The van der Waals surface area contributed by atoms with E-state index in [0.717, 1.165) is 19.3 Å². The summed E-state index contributed by atoms with van der Waals surface area (Å²) in [4.78, 5) is 22.3. The van der Waals surface area contributed by atoms with Gasteiger partial charge in [0.25, 0.3) is 5.69 Å². The number of nitrogen functional groups attached to an aromatic ring is 1. The van der Waals surface area contributed by atoms with Crippen LogP contribution in [0, 0.1) is 10.1 Å². The maximum atomic E-state index is 12.0. The Kier molecular flexibility index (Phi) is 12.7. The van der Waals surface area contributed by atoms with E-state index >= 15 is 0 Å². The minimum atomic E-state index is -0.544. The van der Waals surface area contributed by atoms with Gasteiger partial charge in [-0.25, -0.2) is 0 Å². The molecule has 0 fully saturated rings. The number of nitrogens with one attached hydrogen (secondary N) is 1. The van der Waals surface area contributed by atoms with Gasteiger partial charge in [0.2, 0.25) is 5.91 Å². The molecule has 0 saturated heterocycles. The fraction of sp³-hybridized carbons (Fsp3) is 0.682. The average Bonchev–Trinajstić information content (AvgIpc) is 2.66. The first-order valence-electron chi connectivity index (χ1n) is 10.9. The highest BCUT2D eigenvalue weighted by Gasteiger charge is 2.13. The average molecular weight is 392 g/mol. The molecule has 6 nitrogen and oxygen atoms in total. The van der Waals surface area contributed by atoms with E-state index in [-0.39, 0.29) is 17.3 Å². The summed E-state index contributed by atoms with van der Waals surface area (Å²) in [6.07, 6.45) is 16.9. The molecule has 0 heterocycles. The molecule has 1 aromatic carbocycles. The Bertz CT molecular complexity index is 590. The molecule has 28 heavy (non-hydrogen) atoms. The molecule has 6 heteroatoms. The van der Waals surface area contributed by atoms with Gasteiger partial charge in [-0.2, -0.15) is 0 Å². The maximum absolute atomic E-state index is 12.0. The van der Waals surface area contributed by atoms with E-state index in [1.165, 1.54) is 76.3 Å². The Labute approximate surface area is 169 Å². The lowest BCUT2D eigenvalue weighted by Crippen LogP contribution is -2.11. The van der Waals surface area contributed by atoms with Crippen molar-refractivity contribution < 1.29 is 9.72 Å². The predicted molar refractivity (Wildman–Crippen MR) is 116 cm³/mol. The molecule has 1 rings (SSSR count). The molecule has 0 aliphatic carbocycles. The molecule has 0 aromatic heterocycles. The van der Waals surface area contributed by atoms with Crippen molar-refractivity contribution >= 4 is 23.0 Å². The molecule has 0 aliphatic heterocycles. The van der Waals surface area contributed by atoms with Crippen molar-refractivity contribution in [1.82, 2.24) is 0 Å². The van der Waals surface area contributed by atoms with Gasteiger partial charge >= 0.3 is 0 Å². The van der Waals surface area contributed by atoms with Gasteiger partial charge in [0.05, 0.1) is 4.92 Å². The minimum Gasteiger partial charge on any atom is -0.393 e. The third kappa shape index (κ3) is 10.9. The van der Waals surface area contributed by atoms with E-state index in [2.05, 4.69) is 12.2 Å². The van der Waals surface area contributed by atoms with Gasteiger partial charge in [0.1, 0.15) is 5.69 Å². The Morgan fingerprint density at radius 1 is 0.929 bits per heavy atom. The highest BCUT2D eigenvalue weighted by atomic mass is 16.6. The van der Waals surface area contributed by atoms with Crippen LogP contribution >= 0.6 is 0 Å². The number of amides is 1. The van der Waals surface area contributed by atoms with Gasteiger partial charge < -0.3 is 11.1 Å². The number of hydrogen-bond donors (Lipinski definition) is 2.